The lowest BCUT2D eigenvalue weighted by atomic mass is 10.2. The summed E-state index contributed by atoms with van der Waals surface area (Å²) >= 11 is 1.54. The number of hydrogen-bond donors (Lipinski definition) is 0. The molecule has 21 heavy (non-hydrogen) atoms. The van der Waals surface area contributed by atoms with Crippen molar-refractivity contribution in [1.82, 2.24) is 14.6 Å². The van der Waals surface area contributed by atoms with E-state index in [1.165, 1.54) is 4.68 Å². The molecule has 0 saturated carbocycles. The van der Waals surface area contributed by atoms with Gasteiger partial charge in [0.05, 0.1) is 11.6 Å². The Hall–Kier alpha value is -2.34. The molecule has 3 aromatic rings. The summed E-state index contributed by atoms with van der Waals surface area (Å²) in [6, 6.07) is 3.70. The molecular formula is C15H14N4OS. The smallest absolute Gasteiger partial charge is 0.267 e. The summed E-state index contributed by atoms with van der Waals surface area (Å²) in [6.45, 7) is 5.73. The Balaban J connectivity index is 2.17. The van der Waals surface area contributed by atoms with Gasteiger partial charge in [-0.2, -0.15) is 9.78 Å². The first-order chi connectivity index (χ1) is 10.1. The Morgan fingerprint density at radius 3 is 2.86 bits per heavy atom. The molecule has 0 aliphatic rings. The van der Waals surface area contributed by atoms with Crippen LogP contribution in [-0.4, -0.2) is 20.9 Å². The van der Waals surface area contributed by atoms with Gasteiger partial charge in [-0.05, 0) is 32.4 Å². The maximum atomic E-state index is 12.6. The third-order valence-corrected chi connectivity index (χ3v) is 4.45. The number of aromatic nitrogens is 3. The fraction of sp³-hybridized carbons (Fsp3) is 0.200. The summed E-state index contributed by atoms with van der Waals surface area (Å²) in [7, 11) is 0. The Morgan fingerprint density at radius 1 is 1.33 bits per heavy atom. The summed E-state index contributed by atoms with van der Waals surface area (Å²) in [5.74, 6) is 0.578. The quantitative estimate of drug-likeness (QED) is 0.683. The Kier molecular flexibility index (Phi) is 3.39. The van der Waals surface area contributed by atoms with E-state index in [0.717, 1.165) is 20.8 Å². The lowest BCUT2D eigenvalue weighted by molar-refractivity contribution is 0.772. The van der Waals surface area contributed by atoms with Crippen LogP contribution in [0.15, 0.2) is 34.4 Å². The molecule has 0 fully saturated rings. The van der Waals surface area contributed by atoms with Crippen LogP contribution in [0.3, 0.4) is 0 Å². The molecule has 3 rings (SSSR count). The monoisotopic (exact) mass is 298 g/mol. The lowest BCUT2D eigenvalue weighted by Gasteiger charge is -2.03. The van der Waals surface area contributed by atoms with Crippen LogP contribution in [0, 0.1) is 20.8 Å². The van der Waals surface area contributed by atoms with Crippen LogP contribution in [0.5, 0.6) is 0 Å². The van der Waals surface area contributed by atoms with Gasteiger partial charge in [0.1, 0.15) is 10.7 Å². The molecule has 0 amide bonds. The SMILES string of the molecule is Cc1sc2nc(C)n(N=Cc3cccnc3)c(=O)c2c1C. The Labute approximate surface area is 125 Å². The van der Waals surface area contributed by atoms with E-state index in [9.17, 15) is 4.79 Å². The van der Waals surface area contributed by atoms with Gasteiger partial charge in [0.15, 0.2) is 0 Å². The number of nitrogens with zero attached hydrogens (tertiary/aromatic N) is 4. The zero-order chi connectivity index (χ0) is 15.0. The van der Waals surface area contributed by atoms with Crippen molar-refractivity contribution >= 4 is 27.8 Å². The van der Waals surface area contributed by atoms with Gasteiger partial charge in [0, 0.05) is 22.8 Å². The molecule has 3 aromatic heterocycles. The molecule has 106 valence electrons. The summed E-state index contributed by atoms with van der Waals surface area (Å²) in [5, 5.41) is 4.92. The number of thiophene rings is 1. The Morgan fingerprint density at radius 2 is 2.14 bits per heavy atom. The van der Waals surface area contributed by atoms with E-state index in [1.807, 2.05) is 26.0 Å². The van der Waals surface area contributed by atoms with E-state index < -0.39 is 0 Å². The van der Waals surface area contributed by atoms with Crippen molar-refractivity contribution in [3.8, 4) is 0 Å². The molecule has 0 unspecified atom stereocenters. The number of fused-ring (bicyclic) bond motifs is 1. The van der Waals surface area contributed by atoms with E-state index in [1.54, 1.807) is 36.9 Å². The van der Waals surface area contributed by atoms with E-state index >= 15 is 0 Å². The van der Waals surface area contributed by atoms with Crippen LogP contribution in [-0.2, 0) is 0 Å². The van der Waals surface area contributed by atoms with Crippen molar-refractivity contribution in [1.29, 1.82) is 0 Å². The van der Waals surface area contributed by atoms with Gasteiger partial charge >= 0.3 is 0 Å². The Bertz CT molecular complexity index is 893. The van der Waals surface area contributed by atoms with Crippen molar-refractivity contribution < 1.29 is 0 Å². The first-order valence-electron chi connectivity index (χ1n) is 6.51. The normalized spacial score (nSPS) is 11.6. The van der Waals surface area contributed by atoms with Crippen molar-refractivity contribution in [2.75, 3.05) is 0 Å². The molecule has 0 aliphatic carbocycles. The predicted octanol–water partition coefficient (Wildman–Crippen LogP) is 2.66. The summed E-state index contributed by atoms with van der Waals surface area (Å²) in [5.41, 5.74) is 1.69. The van der Waals surface area contributed by atoms with Crippen LogP contribution >= 0.6 is 11.3 Å². The second kappa shape index (κ2) is 5.21. The highest BCUT2D eigenvalue weighted by Crippen LogP contribution is 2.26. The molecule has 3 heterocycles. The molecule has 5 nitrogen and oxygen atoms in total. The van der Waals surface area contributed by atoms with Crippen molar-refractivity contribution in [3.63, 3.8) is 0 Å². The number of rotatable bonds is 2. The van der Waals surface area contributed by atoms with Gasteiger partial charge in [0.2, 0.25) is 0 Å². The lowest BCUT2D eigenvalue weighted by Crippen LogP contribution is -2.20. The zero-order valence-corrected chi connectivity index (χ0v) is 12.8. The van der Waals surface area contributed by atoms with Crippen LogP contribution < -0.4 is 5.56 Å². The average molecular weight is 298 g/mol. The first-order valence-corrected chi connectivity index (χ1v) is 7.33. The molecule has 0 aliphatic heterocycles. The molecule has 0 radical (unpaired) electrons. The van der Waals surface area contributed by atoms with Crippen LogP contribution in [0.2, 0.25) is 0 Å². The van der Waals surface area contributed by atoms with Gasteiger partial charge in [0.25, 0.3) is 5.56 Å². The van der Waals surface area contributed by atoms with Gasteiger partial charge in [-0.3, -0.25) is 9.78 Å². The number of aryl methyl sites for hydroxylation is 3. The van der Waals surface area contributed by atoms with Crippen molar-refractivity contribution in [3.05, 3.63) is 56.7 Å². The van der Waals surface area contributed by atoms with Crippen molar-refractivity contribution in [2.24, 2.45) is 5.10 Å². The number of hydrogen-bond acceptors (Lipinski definition) is 5. The van der Waals surface area contributed by atoms with Crippen LogP contribution in [0.4, 0.5) is 0 Å². The first kappa shape index (κ1) is 13.6. The minimum absolute atomic E-state index is 0.125. The van der Waals surface area contributed by atoms with Crippen LogP contribution in [0.1, 0.15) is 21.8 Å². The maximum absolute atomic E-state index is 12.6. The molecule has 0 atom stereocenters. The minimum Gasteiger partial charge on any atom is -0.267 e. The van der Waals surface area contributed by atoms with Gasteiger partial charge in [-0.15, -0.1) is 11.3 Å². The molecule has 0 aromatic carbocycles. The highest BCUT2D eigenvalue weighted by molar-refractivity contribution is 7.18. The second-order valence-electron chi connectivity index (χ2n) is 4.77. The van der Waals surface area contributed by atoms with Gasteiger partial charge in [-0.1, -0.05) is 6.07 Å². The fourth-order valence-corrected chi connectivity index (χ4v) is 3.16. The van der Waals surface area contributed by atoms with E-state index in [-0.39, 0.29) is 5.56 Å². The molecule has 0 saturated heterocycles. The van der Waals surface area contributed by atoms with Gasteiger partial charge < -0.3 is 0 Å². The minimum atomic E-state index is -0.125. The molecule has 0 bridgehead atoms. The number of pyridine rings is 1. The predicted molar refractivity (Wildman–Crippen MR) is 85.3 cm³/mol. The second-order valence-corrected chi connectivity index (χ2v) is 5.97. The summed E-state index contributed by atoms with van der Waals surface area (Å²) in [4.78, 5) is 23.0. The van der Waals surface area contributed by atoms with Crippen LogP contribution in [0.25, 0.3) is 10.2 Å². The van der Waals surface area contributed by atoms with Gasteiger partial charge in [-0.25, -0.2) is 4.98 Å². The van der Waals surface area contributed by atoms with E-state index in [0.29, 0.717) is 11.2 Å². The van der Waals surface area contributed by atoms with E-state index in [2.05, 4.69) is 15.1 Å². The standard InChI is InChI=1S/C15H14N4OS/c1-9-10(2)21-14-13(9)15(20)19(11(3)18-14)17-8-12-5-4-6-16-7-12/h4-8H,1-3H3. The topological polar surface area (TPSA) is 60.1 Å². The van der Waals surface area contributed by atoms with Crippen molar-refractivity contribution in [2.45, 2.75) is 20.8 Å². The third-order valence-electron chi connectivity index (χ3n) is 3.35. The summed E-state index contributed by atoms with van der Waals surface area (Å²) < 4.78 is 1.34. The fourth-order valence-electron chi connectivity index (χ4n) is 2.10. The molecular weight excluding hydrogens is 284 g/mol. The average Bonchev–Trinajstić information content (AvgIpc) is 2.74. The summed E-state index contributed by atoms with van der Waals surface area (Å²) in [6.07, 6.45) is 5.00. The highest BCUT2D eigenvalue weighted by Gasteiger charge is 2.13. The molecule has 0 N–H and O–H groups in total. The molecule has 6 heteroatoms. The largest absolute Gasteiger partial charge is 0.283 e. The highest BCUT2D eigenvalue weighted by atomic mass is 32.1. The molecule has 0 spiro atoms. The third kappa shape index (κ3) is 2.38. The maximum Gasteiger partial charge on any atom is 0.283 e. The zero-order valence-electron chi connectivity index (χ0n) is 12.0. The van der Waals surface area contributed by atoms with E-state index in [4.69, 9.17) is 0 Å².